The Morgan fingerprint density at radius 2 is 1.90 bits per heavy atom. The van der Waals surface area contributed by atoms with Crippen molar-refractivity contribution >= 4 is 28.9 Å². The monoisotopic (exact) mass is 303 g/mol. The summed E-state index contributed by atoms with van der Waals surface area (Å²) in [5, 5.41) is 0.361. The van der Waals surface area contributed by atoms with Crippen molar-refractivity contribution in [1.82, 2.24) is 0 Å². The van der Waals surface area contributed by atoms with Crippen molar-refractivity contribution in [2.24, 2.45) is 5.73 Å². The van der Waals surface area contributed by atoms with Crippen LogP contribution in [0.3, 0.4) is 0 Å². The Balaban J connectivity index is 2.41. The molecule has 0 unspecified atom stereocenters. The Labute approximate surface area is 129 Å². The summed E-state index contributed by atoms with van der Waals surface area (Å²) in [6.45, 7) is 3.30. The topological polar surface area (TPSA) is 72.3 Å². The van der Waals surface area contributed by atoms with E-state index in [1.54, 1.807) is 12.1 Å². The van der Waals surface area contributed by atoms with Crippen molar-refractivity contribution in [3.63, 3.8) is 0 Å². The maximum Gasteiger partial charge on any atom is 0.252 e. The Bertz CT molecular complexity index is 658. The molecule has 2 aromatic rings. The number of nitrogen functional groups attached to an aromatic ring is 1. The largest absolute Gasteiger partial charge is 0.398 e. The first-order chi connectivity index (χ1) is 10.0. The highest BCUT2D eigenvalue weighted by atomic mass is 35.5. The molecular weight excluding hydrogens is 286 g/mol. The fourth-order valence-electron chi connectivity index (χ4n) is 2.27. The van der Waals surface area contributed by atoms with Crippen molar-refractivity contribution in [3.8, 4) is 0 Å². The first-order valence-electron chi connectivity index (χ1n) is 6.71. The van der Waals surface area contributed by atoms with Gasteiger partial charge in [0, 0.05) is 18.8 Å². The standard InChI is InChI=1S/C16H18ClN3O/c1-2-20(10-11-6-3-4-8-13(11)18)14-9-5-7-12(17)15(14)16(19)21/h3-9H,2,10,18H2,1H3,(H2,19,21). The quantitative estimate of drug-likeness (QED) is 0.834. The summed E-state index contributed by atoms with van der Waals surface area (Å²) in [5.41, 5.74) is 14.2. The van der Waals surface area contributed by atoms with Gasteiger partial charge in [0.2, 0.25) is 0 Å². The van der Waals surface area contributed by atoms with Gasteiger partial charge in [-0.05, 0) is 30.7 Å². The van der Waals surface area contributed by atoms with E-state index in [-0.39, 0.29) is 0 Å². The highest BCUT2D eigenvalue weighted by Crippen LogP contribution is 2.29. The van der Waals surface area contributed by atoms with E-state index in [2.05, 4.69) is 0 Å². The van der Waals surface area contributed by atoms with Gasteiger partial charge in [-0.1, -0.05) is 35.9 Å². The van der Waals surface area contributed by atoms with Crippen LogP contribution in [-0.2, 0) is 6.54 Å². The second-order valence-corrected chi connectivity index (χ2v) is 5.12. The van der Waals surface area contributed by atoms with Gasteiger partial charge in [0.25, 0.3) is 5.91 Å². The lowest BCUT2D eigenvalue weighted by Gasteiger charge is -2.26. The molecule has 0 atom stereocenters. The van der Waals surface area contributed by atoms with Crippen LogP contribution in [0.1, 0.15) is 22.8 Å². The van der Waals surface area contributed by atoms with Crippen LogP contribution in [0.4, 0.5) is 11.4 Å². The van der Waals surface area contributed by atoms with E-state index in [0.29, 0.717) is 23.7 Å². The second kappa shape index (κ2) is 6.50. The molecule has 21 heavy (non-hydrogen) atoms. The molecule has 0 spiro atoms. The molecule has 0 radical (unpaired) electrons. The molecule has 5 heteroatoms. The van der Waals surface area contributed by atoms with Crippen molar-refractivity contribution < 1.29 is 4.79 Å². The first kappa shape index (κ1) is 15.2. The van der Waals surface area contributed by atoms with E-state index < -0.39 is 5.91 Å². The third kappa shape index (κ3) is 3.28. The Morgan fingerprint density at radius 3 is 2.52 bits per heavy atom. The van der Waals surface area contributed by atoms with Gasteiger partial charge in [0.1, 0.15) is 0 Å². The van der Waals surface area contributed by atoms with Crippen LogP contribution in [0.25, 0.3) is 0 Å². The fraction of sp³-hybridized carbons (Fsp3) is 0.188. The van der Waals surface area contributed by atoms with Crippen LogP contribution in [-0.4, -0.2) is 12.5 Å². The van der Waals surface area contributed by atoms with Crippen LogP contribution in [0.5, 0.6) is 0 Å². The molecule has 1 amide bonds. The van der Waals surface area contributed by atoms with Crippen molar-refractivity contribution in [2.45, 2.75) is 13.5 Å². The highest BCUT2D eigenvalue weighted by molar-refractivity contribution is 6.34. The van der Waals surface area contributed by atoms with Crippen LogP contribution in [0.2, 0.25) is 5.02 Å². The number of para-hydroxylation sites is 1. The lowest BCUT2D eigenvalue weighted by atomic mass is 10.1. The third-order valence-electron chi connectivity index (χ3n) is 3.38. The predicted molar refractivity (Wildman–Crippen MR) is 87.5 cm³/mol. The van der Waals surface area contributed by atoms with Gasteiger partial charge >= 0.3 is 0 Å². The number of rotatable bonds is 5. The lowest BCUT2D eigenvalue weighted by molar-refractivity contribution is 0.100. The van der Waals surface area contributed by atoms with Gasteiger partial charge in [-0.15, -0.1) is 0 Å². The number of nitrogens with zero attached hydrogens (tertiary/aromatic N) is 1. The maximum atomic E-state index is 11.7. The average molecular weight is 304 g/mol. The van der Waals surface area contributed by atoms with Crippen molar-refractivity contribution in [1.29, 1.82) is 0 Å². The highest BCUT2D eigenvalue weighted by Gasteiger charge is 2.17. The van der Waals surface area contributed by atoms with Gasteiger partial charge in [-0.25, -0.2) is 0 Å². The number of hydrogen-bond acceptors (Lipinski definition) is 3. The van der Waals surface area contributed by atoms with Gasteiger partial charge in [-0.2, -0.15) is 0 Å². The number of halogens is 1. The van der Waals surface area contributed by atoms with E-state index in [1.165, 1.54) is 0 Å². The number of anilines is 2. The van der Waals surface area contributed by atoms with Gasteiger partial charge in [0.15, 0.2) is 0 Å². The summed E-state index contributed by atoms with van der Waals surface area (Å²) in [5.74, 6) is -0.532. The number of nitrogens with two attached hydrogens (primary N) is 2. The number of hydrogen-bond donors (Lipinski definition) is 2. The zero-order chi connectivity index (χ0) is 15.4. The minimum atomic E-state index is -0.532. The second-order valence-electron chi connectivity index (χ2n) is 4.71. The summed E-state index contributed by atoms with van der Waals surface area (Å²) in [4.78, 5) is 13.7. The smallest absolute Gasteiger partial charge is 0.252 e. The molecule has 110 valence electrons. The normalized spacial score (nSPS) is 10.4. The Morgan fingerprint density at radius 1 is 1.19 bits per heavy atom. The molecular formula is C16H18ClN3O. The van der Waals surface area contributed by atoms with E-state index >= 15 is 0 Å². The molecule has 0 saturated carbocycles. The van der Waals surface area contributed by atoms with Gasteiger partial charge in [-0.3, -0.25) is 4.79 Å². The molecule has 0 aromatic heterocycles. The Hall–Kier alpha value is -2.20. The average Bonchev–Trinajstić information content (AvgIpc) is 2.45. The molecule has 0 heterocycles. The maximum absolute atomic E-state index is 11.7. The molecule has 0 aliphatic carbocycles. The number of amides is 1. The lowest BCUT2D eigenvalue weighted by Crippen LogP contribution is -2.26. The van der Waals surface area contributed by atoms with E-state index in [4.69, 9.17) is 23.1 Å². The van der Waals surface area contributed by atoms with E-state index in [1.807, 2.05) is 42.2 Å². The summed E-state index contributed by atoms with van der Waals surface area (Å²) >= 11 is 6.11. The SMILES string of the molecule is CCN(Cc1ccccc1N)c1cccc(Cl)c1C(N)=O. The summed E-state index contributed by atoms with van der Waals surface area (Å²) < 4.78 is 0. The molecule has 0 saturated heterocycles. The Kier molecular flexibility index (Phi) is 4.70. The minimum Gasteiger partial charge on any atom is -0.398 e. The predicted octanol–water partition coefficient (Wildman–Crippen LogP) is 3.05. The summed E-state index contributed by atoms with van der Waals surface area (Å²) in [6, 6.07) is 13.0. The first-order valence-corrected chi connectivity index (χ1v) is 7.09. The molecule has 2 aromatic carbocycles. The molecule has 0 fully saturated rings. The van der Waals surface area contributed by atoms with Crippen LogP contribution in [0.15, 0.2) is 42.5 Å². The number of primary amides is 1. The molecule has 0 bridgehead atoms. The molecule has 0 aliphatic rings. The number of carbonyl (C=O) groups excluding carboxylic acids is 1. The van der Waals surface area contributed by atoms with Crippen LogP contribution >= 0.6 is 11.6 Å². The minimum absolute atomic E-state index is 0.343. The zero-order valence-corrected chi connectivity index (χ0v) is 12.6. The van der Waals surface area contributed by atoms with E-state index in [9.17, 15) is 4.79 Å². The summed E-state index contributed by atoms with van der Waals surface area (Å²) in [6.07, 6.45) is 0. The number of carbonyl (C=O) groups is 1. The number of benzene rings is 2. The van der Waals surface area contributed by atoms with Crippen LogP contribution in [0, 0.1) is 0 Å². The van der Waals surface area contributed by atoms with E-state index in [0.717, 1.165) is 16.9 Å². The molecule has 4 nitrogen and oxygen atoms in total. The van der Waals surface area contributed by atoms with Gasteiger partial charge in [0.05, 0.1) is 16.3 Å². The zero-order valence-electron chi connectivity index (χ0n) is 11.8. The fourth-order valence-corrected chi connectivity index (χ4v) is 2.53. The molecule has 4 N–H and O–H groups in total. The summed E-state index contributed by atoms with van der Waals surface area (Å²) in [7, 11) is 0. The molecule has 2 rings (SSSR count). The molecule has 0 aliphatic heterocycles. The van der Waals surface area contributed by atoms with Crippen molar-refractivity contribution in [2.75, 3.05) is 17.2 Å². The van der Waals surface area contributed by atoms with Gasteiger partial charge < -0.3 is 16.4 Å². The van der Waals surface area contributed by atoms with Crippen LogP contribution < -0.4 is 16.4 Å². The third-order valence-corrected chi connectivity index (χ3v) is 3.69. The van der Waals surface area contributed by atoms with Crippen molar-refractivity contribution in [3.05, 3.63) is 58.6 Å².